The van der Waals surface area contributed by atoms with Crippen molar-refractivity contribution in [3.8, 4) is 0 Å². The van der Waals surface area contributed by atoms with E-state index >= 15 is 0 Å². The van der Waals surface area contributed by atoms with Gasteiger partial charge in [-0.3, -0.25) is 0 Å². The van der Waals surface area contributed by atoms with Crippen molar-refractivity contribution in [3.05, 3.63) is 47.4 Å². The molecule has 17 heavy (non-hydrogen) atoms. The molecule has 4 heteroatoms. The Hall–Kier alpha value is -1.61. The second kappa shape index (κ2) is 5.15. The van der Waals surface area contributed by atoms with E-state index in [2.05, 4.69) is 41.3 Å². The quantitative estimate of drug-likeness (QED) is 0.834. The predicted octanol–water partition coefficient (Wildman–Crippen LogP) is 4.00. The number of benzene rings is 1. The summed E-state index contributed by atoms with van der Waals surface area (Å²) in [4.78, 5) is 7.94. The predicted molar refractivity (Wildman–Crippen MR) is 70.9 cm³/mol. The van der Waals surface area contributed by atoms with Crippen molar-refractivity contribution < 1.29 is 0 Å². The summed E-state index contributed by atoms with van der Waals surface area (Å²) in [7, 11) is 0. The van der Waals surface area contributed by atoms with Crippen molar-refractivity contribution in [1.29, 1.82) is 0 Å². The molecule has 1 heterocycles. The fourth-order valence-electron chi connectivity index (χ4n) is 1.53. The molecule has 0 aliphatic heterocycles. The minimum Gasteiger partial charge on any atom is -0.340 e. The molecular weight excluding hydrogens is 234 g/mol. The average Bonchev–Trinajstić information content (AvgIpc) is 2.29. The van der Waals surface area contributed by atoms with E-state index in [9.17, 15) is 0 Å². The van der Waals surface area contributed by atoms with Crippen LogP contribution in [0.15, 0.2) is 36.7 Å². The van der Waals surface area contributed by atoms with Crippen molar-refractivity contribution in [1.82, 2.24) is 9.97 Å². The molecule has 0 atom stereocenters. The summed E-state index contributed by atoms with van der Waals surface area (Å²) in [6.07, 6.45) is 1.44. The molecule has 0 unspecified atom stereocenters. The van der Waals surface area contributed by atoms with E-state index in [-0.39, 0.29) is 0 Å². The summed E-state index contributed by atoms with van der Waals surface area (Å²) in [6.45, 7) is 4.33. The first-order valence-electron chi connectivity index (χ1n) is 5.49. The molecule has 2 aromatic rings. The highest BCUT2D eigenvalue weighted by atomic mass is 35.5. The number of nitrogens with one attached hydrogen (secondary N) is 1. The highest BCUT2D eigenvalue weighted by Crippen LogP contribution is 2.21. The summed E-state index contributed by atoms with van der Waals surface area (Å²) in [5.74, 6) is 1.21. The number of halogens is 1. The van der Waals surface area contributed by atoms with Crippen molar-refractivity contribution in [3.63, 3.8) is 0 Å². The normalized spacial score (nSPS) is 10.6. The highest BCUT2D eigenvalue weighted by molar-refractivity contribution is 6.29. The van der Waals surface area contributed by atoms with Gasteiger partial charge in [0.25, 0.3) is 0 Å². The van der Waals surface area contributed by atoms with Crippen molar-refractivity contribution in [2.45, 2.75) is 19.8 Å². The van der Waals surface area contributed by atoms with Crippen molar-refractivity contribution in [2.75, 3.05) is 5.32 Å². The zero-order chi connectivity index (χ0) is 12.3. The third-order valence-electron chi connectivity index (χ3n) is 2.46. The molecule has 0 amide bonds. The van der Waals surface area contributed by atoms with Crippen molar-refractivity contribution in [2.24, 2.45) is 0 Å². The standard InChI is InChI=1S/C13H14ClN3/c1-9(2)10-4-3-5-11(6-10)17-13-7-12(14)15-8-16-13/h3-9H,1-2H3,(H,15,16,17). The van der Waals surface area contributed by atoms with Gasteiger partial charge < -0.3 is 5.32 Å². The molecule has 0 spiro atoms. The van der Waals surface area contributed by atoms with Gasteiger partial charge in [0.15, 0.2) is 0 Å². The Kier molecular flexibility index (Phi) is 3.59. The van der Waals surface area contributed by atoms with Crippen LogP contribution in [0.4, 0.5) is 11.5 Å². The lowest BCUT2D eigenvalue weighted by atomic mass is 10.0. The summed E-state index contributed by atoms with van der Waals surface area (Å²) in [6, 6.07) is 9.95. The third-order valence-corrected chi connectivity index (χ3v) is 2.67. The van der Waals surface area contributed by atoms with E-state index in [1.807, 2.05) is 12.1 Å². The molecule has 1 N–H and O–H groups in total. The van der Waals surface area contributed by atoms with Crippen LogP contribution in [0, 0.1) is 0 Å². The van der Waals surface area contributed by atoms with Crippen molar-refractivity contribution >= 4 is 23.1 Å². The molecule has 1 aromatic heterocycles. The Balaban J connectivity index is 2.21. The summed E-state index contributed by atoms with van der Waals surface area (Å²) in [5.41, 5.74) is 2.29. The average molecular weight is 248 g/mol. The van der Waals surface area contributed by atoms with E-state index in [1.54, 1.807) is 6.07 Å². The first-order valence-corrected chi connectivity index (χ1v) is 5.87. The van der Waals surface area contributed by atoms with Gasteiger partial charge in [0, 0.05) is 11.8 Å². The topological polar surface area (TPSA) is 37.8 Å². The maximum Gasteiger partial charge on any atom is 0.135 e. The number of rotatable bonds is 3. The molecule has 1 aromatic carbocycles. The summed E-state index contributed by atoms with van der Waals surface area (Å²) >= 11 is 5.80. The SMILES string of the molecule is CC(C)c1cccc(Nc2cc(Cl)ncn2)c1. The zero-order valence-corrected chi connectivity index (χ0v) is 10.6. The Morgan fingerprint density at radius 2 is 2.00 bits per heavy atom. The van der Waals surface area contributed by atoms with Crippen LogP contribution in [-0.2, 0) is 0 Å². The lowest BCUT2D eigenvalue weighted by Crippen LogP contribution is -1.95. The lowest BCUT2D eigenvalue weighted by molar-refractivity contribution is 0.867. The first-order chi connectivity index (χ1) is 8.15. The van der Waals surface area contributed by atoms with Gasteiger partial charge in [-0.25, -0.2) is 9.97 Å². The second-order valence-electron chi connectivity index (χ2n) is 4.13. The van der Waals surface area contributed by atoms with Crippen LogP contribution in [-0.4, -0.2) is 9.97 Å². The Morgan fingerprint density at radius 1 is 1.18 bits per heavy atom. The van der Waals surface area contributed by atoms with Crippen LogP contribution in [0.2, 0.25) is 5.15 Å². The van der Waals surface area contributed by atoms with Gasteiger partial charge in [0.2, 0.25) is 0 Å². The number of anilines is 2. The maximum atomic E-state index is 5.80. The Bertz CT molecular complexity index is 512. The van der Waals surface area contributed by atoms with Crippen LogP contribution in [0.25, 0.3) is 0 Å². The molecule has 0 saturated carbocycles. The Morgan fingerprint density at radius 3 is 2.71 bits per heavy atom. The second-order valence-corrected chi connectivity index (χ2v) is 4.52. The highest BCUT2D eigenvalue weighted by Gasteiger charge is 2.01. The molecule has 0 saturated heterocycles. The number of aromatic nitrogens is 2. The molecule has 0 bridgehead atoms. The number of hydrogen-bond donors (Lipinski definition) is 1. The number of nitrogens with zero attached hydrogens (tertiary/aromatic N) is 2. The van der Waals surface area contributed by atoms with E-state index in [0.717, 1.165) is 5.69 Å². The molecule has 0 radical (unpaired) electrons. The number of hydrogen-bond acceptors (Lipinski definition) is 3. The molecule has 0 aliphatic rings. The zero-order valence-electron chi connectivity index (χ0n) is 9.81. The summed E-state index contributed by atoms with van der Waals surface area (Å²) < 4.78 is 0. The molecule has 0 aliphatic carbocycles. The minimum absolute atomic E-state index is 0.433. The van der Waals surface area contributed by atoms with E-state index in [0.29, 0.717) is 16.9 Å². The minimum atomic E-state index is 0.433. The fourth-order valence-corrected chi connectivity index (χ4v) is 1.67. The summed E-state index contributed by atoms with van der Waals surface area (Å²) in [5, 5.41) is 3.64. The van der Waals surface area contributed by atoms with Gasteiger partial charge in [-0.05, 0) is 23.6 Å². The smallest absolute Gasteiger partial charge is 0.135 e. The van der Waals surface area contributed by atoms with E-state index in [1.165, 1.54) is 11.9 Å². The van der Waals surface area contributed by atoms with Crippen LogP contribution in [0.3, 0.4) is 0 Å². The Labute approximate surface area is 106 Å². The third kappa shape index (κ3) is 3.17. The molecule has 2 rings (SSSR count). The van der Waals surface area contributed by atoms with E-state index < -0.39 is 0 Å². The van der Waals surface area contributed by atoms with Crippen LogP contribution < -0.4 is 5.32 Å². The van der Waals surface area contributed by atoms with Gasteiger partial charge >= 0.3 is 0 Å². The lowest BCUT2D eigenvalue weighted by Gasteiger charge is -2.09. The van der Waals surface area contributed by atoms with Crippen LogP contribution in [0.1, 0.15) is 25.3 Å². The van der Waals surface area contributed by atoms with Gasteiger partial charge in [-0.15, -0.1) is 0 Å². The first kappa shape index (κ1) is 11.9. The maximum absolute atomic E-state index is 5.80. The monoisotopic (exact) mass is 247 g/mol. The fraction of sp³-hybridized carbons (Fsp3) is 0.231. The molecule has 0 fully saturated rings. The largest absolute Gasteiger partial charge is 0.340 e. The van der Waals surface area contributed by atoms with E-state index in [4.69, 9.17) is 11.6 Å². The van der Waals surface area contributed by atoms with Gasteiger partial charge in [-0.2, -0.15) is 0 Å². The van der Waals surface area contributed by atoms with Gasteiger partial charge in [-0.1, -0.05) is 37.6 Å². The van der Waals surface area contributed by atoms with Crippen LogP contribution in [0.5, 0.6) is 0 Å². The van der Waals surface area contributed by atoms with Gasteiger partial charge in [0.05, 0.1) is 0 Å². The molecule has 3 nitrogen and oxygen atoms in total. The van der Waals surface area contributed by atoms with Crippen LogP contribution >= 0.6 is 11.6 Å². The molecular formula is C13H14ClN3. The van der Waals surface area contributed by atoms with Gasteiger partial charge in [0.1, 0.15) is 17.3 Å². The molecule has 88 valence electrons.